The predicted molar refractivity (Wildman–Crippen MR) is 77.6 cm³/mol. The van der Waals surface area contributed by atoms with Crippen LogP contribution in [0.15, 0.2) is 60.9 Å². The summed E-state index contributed by atoms with van der Waals surface area (Å²) in [5, 5.41) is 11.3. The first-order chi connectivity index (χ1) is 9.86. The van der Waals surface area contributed by atoms with E-state index >= 15 is 0 Å². The minimum Gasteiger partial charge on any atom is -0.497 e. The van der Waals surface area contributed by atoms with Crippen LogP contribution in [-0.4, -0.2) is 21.9 Å². The van der Waals surface area contributed by atoms with Gasteiger partial charge in [-0.2, -0.15) is 0 Å². The molecule has 1 N–H and O–H groups in total. The lowest BCUT2D eigenvalue weighted by atomic mass is 10.3. The van der Waals surface area contributed by atoms with Gasteiger partial charge in [0.15, 0.2) is 0 Å². The van der Waals surface area contributed by atoms with E-state index in [1.54, 1.807) is 13.4 Å². The van der Waals surface area contributed by atoms with E-state index in [1.807, 2.05) is 59.2 Å². The number of rotatable bonds is 4. The highest BCUT2D eigenvalue weighted by Gasteiger charge is 2.06. The molecule has 0 spiro atoms. The number of aromatic nitrogens is 3. The molecular weight excluding hydrogens is 252 g/mol. The van der Waals surface area contributed by atoms with Gasteiger partial charge in [0, 0.05) is 5.69 Å². The van der Waals surface area contributed by atoms with Crippen molar-refractivity contribution in [2.24, 2.45) is 0 Å². The molecule has 1 aromatic heterocycles. The second-order valence-corrected chi connectivity index (χ2v) is 4.21. The number of methoxy groups -OCH3 is 1. The van der Waals surface area contributed by atoms with Crippen LogP contribution >= 0.6 is 0 Å². The van der Waals surface area contributed by atoms with Crippen LogP contribution in [0.2, 0.25) is 0 Å². The summed E-state index contributed by atoms with van der Waals surface area (Å²) in [5.41, 5.74) is 1.93. The molecule has 3 aromatic rings. The lowest BCUT2D eigenvalue weighted by molar-refractivity contribution is 0.415. The smallest absolute Gasteiger partial charge is 0.233 e. The Kier molecular flexibility index (Phi) is 3.33. The average Bonchev–Trinajstić information content (AvgIpc) is 2.96. The van der Waals surface area contributed by atoms with E-state index in [0.29, 0.717) is 5.95 Å². The van der Waals surface area contributed by atoms with E-state index in [1.165, 1.54) is 0 Å². The highest BCUT2D eigenvalue weighted by atomic mass is 16.5. The summed E-state index contributed by atoms with van der Waals surface area (Å²) in [4.78, 5) is 0. The van der Waals surface area contributed by atoms with Gasteiger partial charge in [-0.25, -0.2) is 0 Å². The van der Waals surface area contributed by atoms with Crippen molar-refractivity contribution in [2.75, 3.05) is 12.4 Å². The summed E-state index contributed by atoms with van der Waals surface area (Å²) >= 11 is 0. The molecule has 20 heavy (non-hydrogen) atoms. The molecule has 0 fully saturated rings. The summed E-state index contributed by atoms with van der Waals surface area (Å²) in [6.45, 7) is 0. The van der Waals surface area contributed by atoms with Crippen molar-refractivity contribution >= 4 is 11.6 Å². The predicted octanol–water partition coefficient (Wildman–Crippen LogP) is 3.02. The SMILES string of the molecule is COc1ccc(-n2cnnc2Nc2ccccc2)cc1. The quantitative estimate of drug-likeness (QED) is 0.788. The van der Waals surface area contributed by atoms with Crippen molar-refractivity contribution in [1.82, 2.24) is 14.8 Å². The zero-order valence-electron chi connectivity index (χ0n) is 11.0. The highest BCUT2D eigenvalue weighted by molar-refractivity contribution is 5.55. The lowest BCUT2D eigenvalue weighted by Crippen LogP contribution is -2.00. The van der Waals surface area contributed by atoms with Gasteiger partial charge in [-0.1, -0.05) is 18.2 Å². The van der Waals surface area contributed by atoms with Crippen LogP contribution in [0.25, 0.3) is 5.69 Å². The summed E-state index contributed by atoms with van der Waals surface area (Å²) in [7, 11) is 1.65. The van der Waals surface area contributed by atoms with Crippen molar-refractivity contribution in [1.29, 1.82) is 0 Å². The van der Waals surface area contributed by atoms with Crippen molar-refractivity contribution < 1.29 is 4.74 Å². The maximum absolute atomic E-state index is 5.16. The Morgan fingerprint density at radius 3 is 2.45 bits per heavy atom. The number of para-hydroxylation sites is 1. The van der Waals surface area contributed by atoms with Gasteiger partial charge in [-0.15, -0.1) is 10.2 Å². The lowest BCUT2D eigenvalue weighted by Gasteiger charge is -2.09. The summed E-state index contributed by atoms with van der Waals surface area (Å²) in [5.74, 6) is 1.49. The first kappa shape index (κ1) is 12.2. The highest BCUT2D eigenvalue weighted by Crippen LogP contribution is 2.20. The van der Waals surface area contributed by atoms with Crippen LogP contribution < -0.4 is 10.1 Å². The van der Waals surface area contributed by atoms with E-state index in [4.69, 9.17) is 4.74 Å². The number of hydrogen-bond donors (Lipinski definition) is 1. The molecule has 0 saturated heterocycles. The number of nitrogens with one attached hydrogen (secondary N) is 1. The summed E-state index contributed by atoms with van der Waals surface area (Å²) in [6, 6.07) is 17.6. The molecule has 0 atom stereocenters. The molecule has 0 amide bonds. The largest absolute Gasteiger partial charge is 0.497 e. The Bertz CT molecular complexity index is 677. The topological polar surface area (TPSA) is 52.0 Å². The van der Waals surface area contributed by atoms with E-state index in [9.17, 15) is 0 Å². The van der Waals surface area contributed by atoms with E-state index in [0.717, 1.165) is 17.1 Å². The van der Waals surface area contributed by atoms with Crippen LogP contribution in [0, 0.1) is 0 Å². The first-order valence-corrected chi connectivity index (χ1v) is 6.23. The third kappa shape index (κ3) is 2.47. The molecule has 0 radical (unpaired) electrons. The zero-order chi connectivity index (χ0) is 13.8. The van der Waals surface area contributed by atoms with Crippen LogP contribution in [0.4, 0.5) is 11.6 Å². The monoisotopic (exact) mass is 266 g/mol. The van der Waals surface area contributed by atoms with E-state index in [2.05, 4.69) is 15.5 Å². The molecule has 0 aliphatic rings. The first-order valence-electron chi connectivity index (χ1n) is 6.23. The molecule has 0 bridgehead atoms. The maximum atomic E-state index is 5.16. The van der Waals surface area contributed by atoms with Crippen LogP contribution in [-0.2, 0) is 0 Å². The summed E-state index contributed by atoms with van der Waals surface area (Å²) in [6.07, 6.45) is 1.67. The normalized spacial score (nSPS) is 10.2. The average molecular weight is 266 g/mol. The fourth-order valence-corrected chi connectivity index (χ4v) is 1.90. The van der Waals surface area contributed by atoms with Gasteiger partial charge in [0.2, 0.25) is 5.95 Å². The van der Waals surface area contributed by atoms with Gasteiger partial charge >= 0.3 is 0 Å². The van der Waals surface area contributed by atoms with Crippen molar-refractivity contribution in [2.45, 2.75) is 0 Å². The van der Waals surface area contributed by atoms with E-state index < -0.39 is 0 Å². The van der Waals surface area contributed by atoms with Gasteiger partial charge in [-0.05, 0) is 36.4 Å². The molecule has 5 heteroatoms. The Labute approximate surface area is 116 Å². The molecule has 2 aromatic carbocycles. The second kappa shape index (κ2) is 5.44. The molecule has 0 saturated carbocycles. The molecule has 5 nitrogen and oxygen atoms in total. The fourth-order valence-electron chi connectivity index (χ4n) is 1.90. The third-order valence-corrected chi connectivity index (χ3v) is 2.93. The number of nitrogens with zero attached hydrogens (tertiary/aromatic N) is 3. The van der Waals surface area contributed by atoms with Crippen LogP contribution in [0.5, 0.6) is 5.75 Å². The zero-order valence-corrected chi connectivity index (χ0v) is 11.0. The minimum atomic E-state index is 0.668. The molecule has 0 aliphatic heterocycles. The Balaban J connectivity index is 1.89. The van der Waals surface area contributed by atoms with Gasteiger partial charge in [0.05, 0.1) is 12.8 Å². The Morgan fingerprint density at radius 2 is 1.75 bits per heavy atom. The maximum Gasteiger partial charge on any atom is 0.233 e. The molecule has 1 heterocycles. The number of anilines is 2. The number of ether oxygens (including phenoxy) is 1. The number of hydrogen-bond acceptors (Lipinski definition) is 4. The van der Waals surface area contributed by atoms with Crippen LogP contribution in [0.1, 0.15) is 0 Å². The minimum absolute atomic E-state index is 0.668. The van der Waals surface area contributed by atoms with E-state index in [-0.39, 0.29) is 0 Å². The Hall–Kier alpha value is -2.82. The van der Waals surface area contributed by atoms with Crippen molar-refractivity contribution in [3.63, 3.8) is 0 Å². The fraction of sp³-hybridized carbons (Fsp3) is 0.0667. The van der Waals surface area contributed by atoms with Crippen LogP contribution in [0.3, 0.4) is 0 Å². The Morgan fingerprint density at radius 1 is 1.00 bits per heavy atom. The molecule has 100 valence electrons. The second-order valence-electron chi connectivity index (χ2n) is 4.21. The van der Waals surface area contributed by atoms with Gasteiger partial charge in [-0.3, -0.25) is 4.57 Å². The van der Waals surface area contributed by atoms with Crippen molar-refractivity contribution in [3.05, 3.63) is 60.9 Å². The van der Waals surface area contributed by atoms with Gasteiger partial charge < -0.3 is 10.1 Å². The molecule has 3 rings (SSSR count). The van der Waals surface area contributed by atoms with Gasteiger partial charge in [0.1, 0.15) is 12.1 Å². The molecule has 0 unspecified atom stereocenters. The molecular formula is C15H14N4O. The number of benzene rings is 2. The molecule has 0 aliphatic carbocycles. The van der Waals surface area contributed by atoms with Crippen molar-refractivity contribution in [3.8, 4) is 11.4 Å². The standard InChI is InChI=1S/C15H14N4O/c1-20-14-9-7-13(8-10-14)19-11-16-18-15(19)17-12-5-3-2-4-6-12/h2-11H,1H3,(H,17,18). The van der Waals surface area contributed by atoms with Gasteiger partial charge in [0.25, 0.3) is 0 Å². The third-order valence-electron chi connectivity index (χ3n) is 2.93. The summed E-state index contributed by atoms with van der Waals surface area (Å²) < 4.78 is 7.04.